The van der Waals surface area contributed by atoms with Gasteiger partial charge < -0.3 is 10.3 Å². The summed E-state index contributed by atoms with van der Waals surface area (Å²) in [6.45, 7) is 2.03. The summed E-state index contributed by atoms with van der Waals surface area (Å²) in [5, 5.41) is 5.76. The number of anilines is 1. The average molecular weight is 390 g/mol. The van der Waals surface area contributed by atoms with E-state index in [1.54, 1.807) is 5.57 Å². The topological polar surface area (TPSA) is 46.4 Å². The molecule has 1 fully saturated rings. The summed E-state index contributed by atoms with van der Waals surface area (Å²) in [6.07, 6.45) is 10.0. The van der Waals surface area contributed by atoms with Crippen LogP contribution in [-0.4, -0.2) is 39.8 Å². The van der Waals surface area contributed by atoms with Crippen LogP contribution in [0.4, 0.5) is 15.9 Å². The van der Waals surface area contributed by atoms with Crippen molar-refractivity contribution in [2.75, 3.05) is 18.4 Å². The SMILES string of the molecule is Fc1ccc(NCC2CCC(C3=C4c5cc[nH]c5N=CN4[N+]4=C(C3)C4)CC2)cc1. The summed E-state index contributed by atoms with van der Waals surface area (Å²) in [5.41, 5.74) is 6.74. The number of fused-ring (bicyclic) bond motifs is 4. The zero-order valence-corrected chi connectivity index (χ0v) is 16.4. The predicted molar refractivity (Wildman–Crippen MR) is 113 cm³/mol. The van der Waals surface area contributed by atoms with E-state index in [0.717, 1.165) is 31.0 Å². The molecule has 4 aliphatic rings. The molecule has 0 amide bonds. The molecule has 0 unspecified atom stereocenters. The minimum absolute atomic E-state index is 0.183. The highest BCUT2D eigenvalue weighted by Gasteiger charge is 2.49. The Bertz CT molecular complexity index is 1040. The number of nitrogens with one attached hydrogen (secondary N) is 2. The zero-order valence-electron chi connectivity index (χ0n) is 16.4. The number of nitrogens with zero attached hydrogens (tertiary/aromatic N) is 3. The Morgan fingerprint density at radius 3 is 2.79 bits per heavy atom. The second kappa shape index (κ2) is 6.58. The molecule has 2 N–H and O–H groups in total. The minimum atomic E-state index is -0.183. The van der Waals surface area contributed by atoms with Crippen LogP contribution >= 0.6 is 0 Å². The summed E-state index contributed by atoms with van der Waals surface area (Å²) in [7, 11) is 0. The summed E-state index contributed by atoms with van der Waals surface area (Å²) in [6, 6.07) is 8.84. The molecular formula is C23H25FN5+. The molecule has 3 aliphatic heterocycles. The minimum Gasteiger partial charge on any atom is -0.385 e. The Morgan fingerprint density at radius 1 is 1.14 bits per heavy atom. The van der Waals surface area contributed by atoms with Gasteiger partial charge in [-0.05, 0) is 73.4 Å². The van der Waals surface area contributed by atoms with E-state index >= 15 is 0 Å². The number of halogens is 1. The summed E-state index contributed by atoms with van der Waals surface area (Å²) in [4.78, 5) is 7.86. The Labute approximate surface area is 169 Å². The van der Waals surface area contributed by atoms with Crippen molar-refractivity contribution in [3.8, 4) is 0 Å². The zero-order chi connectivity index (χ0) is 19.4. The van der Waals surface area contributed by atoms with E-state index in [2.05, 4.69) is 31.1 Å². The van der Waals surface area contributed by atoms with Crippen molar-refractivity contribution in [1.29, 1.82) is 0 Å². The number of rotatable bonds is 4. The third-order valence-corrected chi connectivity index (χ3v) is 6.84. The summed E-state index contributed by atoms with van der Waals surface area (Å²) >= 11 is 0. The Morgan fingerprint density at radius 2 is 1.97 bits per heavy atom. The largest absolute Gasteiger partial charge is 0.385 e. The second-order valence-electron chi connectivity index (χ2n) is 8.61. The number of hydrazone groups is 1. The molecule has 29 heavy (non-hydrogen) atoms. The summed E-state index contributed by atoms with van der Waals surface area (Å²) < 4.78 is 15.4. The van der Waals surface area contributed by atoms with Gasteiger partial charge in [0.05, 0.1) is 6.42 Å². The van der Waals surface area contributed by atoms with Crippen LogP contribution in [0.3, 0.4) is 0 Å². The van der Waals surface area contributed by atoms with Crippen molar-refractivity contribution in [3.05, 3.63) is 53.5 Å². The lowest BCUT2D eigenvalue weighted by Crippen LogP contribution is -2.32. The number of aromatic nitrogens is 1. The first-order valence-corrected chi connectivity index (χ1v) is 10.6. The lowest BCUT2D eigenvalue weighted by molar-refractivity contribution is -0.574. The van der Waals surface area contributed by atoms with Gasteiger partial charge in [-0.3, -0.25) is 0 Å². The van der Waals surface area contributed by atoms with Gasteiger partial charge in [-0.25, -0.2) is 9.38 Å². The quantitative estimate of drug-likeness (QED) is 0.753. The maximum absolute atomic E-state index is 13.1. The van der Waals surface area contributed by atoms with Crippen molar-refractivity contribution in [2.24, 2.45) is 16.8 Å². The number of benzene rings is 1. The van der Waals surface area contributed by atoms with Gasteiger partial charge in [0.1, 0.15) is 17.3 Å². The standard InChI is InChI=1S/C23H25FN5/c24-17-5-7-18(8-6-17)26-12-15-1-3-16(4-2-15)21-11-19-13-28(19)29-14-27-23-20(22(21)29)9-10-25-23/h5-10,14-16,25-26H,1-4,11-13H2/q+1. The van der Waals surface area contributed by atoms with E-state index in [-0.39, 0.29) is 5.82 Å². The smallest absolute Gasteiger partial charge is 0.255 e. The third kappa shape index (κ3) is 2.98. The molecule has 0 bridgehead atoms. The second-order valence-corrected chi connectivity index (χ2v) is 8.61. The molecule has 0 saturated heterocycles. The van der Waals surface area contributed by atoms with Gasteiger partial charge in [-0.1, -0.05) is 4.68 Å². The van der Waals surface area contributed by atoms with Gasteiger partial charge in [-0.2, -0.15) is 0 Å². The number of allylic oxidation sites excluding steroid dienone is 1. The lowest BCUT2D eigenvalue weighted by Gasteiger charge is -2.33. The van der Waals surface area contributed by atoms with E-state index in [0.29, 0.717) is 11.8 Å². The van der Waals surface area contributed by atoms with E-state index in [4.69, 9.17) is 0 Å². The van der Waals surface area contributed by atoms with Crippen LogP contribution in [0.5, 0.6) is 0 Å². The van der Waals surface area contributed by atoms with Crippen LogP contribution in [0.2, 0.25) is 0 Å². The van der Waals surface area contributed by atoms with Crippen molar-refractivity contribution >= 4 is 29.3 Å². The first-order valence-electron chi connectivity index (χ1n) is 10.6. The van der Waals surface area contributed by atoms with Gasteiger partial charge in [0.2, 0.25) is 0 Å². The normalized spacial score (nSPS) is 24.9. The molecule has 148 valence electrons. The van der Waals surface area contributed by atoms with E-state index in [1.807, 2.05) is 24.7 Å². The van der Waals surface area contributed by atoms with Crippen molar-refractivity contribution < 1.29 is 9.07 Å². The van der Waals surface area contributed by atoms with Crippen molar-refractivity contribution in [2.45, 2.75) is 32.1 Å². The highest BCUT2D eigenvalue weighted by Crippen LogP contribution is 2.45. The fourth-order valence-electron chi connectivity index (χ4n) is 5.15. The average Bonchev–Trinajstić information content (AvgIpc) is 3.39. The molecular weight excluding hydrogens is 365 g/mol. The monoisotopic (exact) mass is 390 g/mol. The third-order valence-electron chi connectivity index (χ3n) is 6.84. The number of hydrazine groups is 1. The highest BCUT2D eigenvalue weighted by molar-refractivity contribution is 5.97. The van der Waals surface area contributed by atoms with E-state index in [9.17, 15) is 4.39 Å². The van der Waals surface area contributed by atoms with Crippen LogP contribution in [-0.2, 0) is 0 Å². The van der Waals surface area contributed by atoms with Gasteiger partial charge in [-0.15, -0.1) is 5.01 Å². The molecule has 1 saturated carbocycles. The fourth-order valence-corrected chi connectivity index (χ4v) is 5.15. The molecule has 2 aromatic rings. The van der Waals surface area contributed by atoms with Crippen LogP contribution in [0.25, 0.3) is 5.70 Å². The number of aliphatic imine (C=N–C) groups is 1. The van der Waals surface area contributed by atoms with Gasteiger partial charge in [0.15, 0.2) is 6.34 Å². The maximum Gasteiger partial charge on any atom is 0.255 e. The van der Waals surface area contributed by atoms with Gasteiger partial charge in [0, 0.05) is 24.0 Å². The fraction of sp³-hybridized carbons (Fsp3) is 0.391. The van der Waals surface area contributed by atoms with Gasteiger partial charge >= 0.3 is 0 Å². The molecule has 6 rings (SSSR count). The predicted octanol–water partition coefficient (Wildman–Crippen LogP) is 4.54. The van der Waals surface area contributed by atoms with E-state index in [1.165, 1.54) is 54.8 Å². The Kier molecular flexibility index (Phi) is 3.86. The maximum atomic E-state index is 13.1. The number of aromatic amines is 1. The Balaban J connectivity index is 1.16. The number of hydrogen-bond acceptors (Lipinski definition) is 3. The lowest BCUT2D eigenvalue weighted by atomic mass is 9.76. The highest BCUT2D eigenvalue weighted by atomic mass is 19.1. The van der Waals surface area contributed by atoms with Crippen LogP contribution in [0, 0.1) is 17.7 Å². The number of H-pyrrole nitrogens is 1. The molecule has 1 aromatic carbocycles. The molecule has 0 spiro atoms. The van der Waals surface area contributed by atoms with Crippen molar-refractivity contribution in [3.63, 3.8) is 0 Å². The molecule has 1 aliphatic carbocycles. The van der Waals surface area contributed by atoms with Crippen LogP contribution < -0.4 is 5.32 Å². The van der Waals surface area contributed by atoms with Crippen LogP contribution in [0.1, 0.15) is 37.7 Å². The first-order chi connectivity index (χ1) is 14.3. The Hall–Kier alpha value is -2.89. The first kappa shape index (κ1) is 17.0. The molecule has 6 heteroatoms. The number of hydrogen-bond donors (Lipinski definition) is 2. The van der Waals surface area contributed by atoms with Crippen molar-refractivity contribution in [1.82, 2.24) is 9.99 Å². The molecule has 4 heterocycles. The van der Waals surface area contributed by atoms with Crippen LogP contribution in [0.15, 0.2) is 47.1 Å². The molecule has 5 nitrogen and oxygen atoms in total. The molecule has 1 aromatic heterocycles. The van der Waals surface area contributed by atoms with Gasteiger partial charge in [0.25, 0.3) is 12.3 Å². The molecule has 0 radical (unpaired) electrons. The molecule has 0 atom stereocenters. The van der Waals surface area contributed by atoms with E-state index < -0.39 is 0 Å². The summed E-state index contributed by atoms with van der Waals surface area (Å²) in [5.74, 6) is 2.13.